The van der Waals surface area contributed by atoms with Crippen molar-refractivity contribution in [2.45, 2.75) is 43.9 Å². The molecule has 3 rings (SSSR count). The molecule has 5 unspecified atom stereocenters. The van der Waals surface area contributed by atoms with Gasteiger partial charge in [0, 0.05) is 10.0 Å². The summed E-state index contributed by atoms with van der Waals surface area (Å²) in [5.74, 6) is 0. The molecule has 1 fully saturated rings. The number of aliphatic hydroxyl groups is 2. The van der Waals surface area contributed by atoms with Crippen LogP contribution in [0.5, 0.6) is 0 Å². The number of ether oxygens (including phenoxy) is 3. The summed E-state index contributed by atoms with van der Waals surface area (Å²) in [6, 6.07) is 12.3. The van der Waals surface area contributed by atoms with Crippen LogP contribution < -0.4 is 0 Å². The van der Waals surface area contributed by atoms with Crippen LogP contribution in [-0.4, -0.2) is 54.1 Å². The van der Waals surface area contributed by atoms with Crippen molar-refractivity contribution in [2.75, 3.05) is 13.2 Å². The maximum atomic E-state index is 14.5. The van der Waals surface area contributed by atoms with Gasteiger partial charge in [-0.3, -0.25) is 0 Å². The predicted molar refractivity (Wildman–Crippen MR) is 113 cm³/mol. The molecule has 1 aliphatic heterocycles. The third-order valence-corrected chi connectivity index (χ3v) is 5.62. The molecule has 1 heterocycles. The van der Waals surface area contributed by atoms with Gasteiger partial charge in [-0.05, 0) is 48.2 Å². The number of halogens is 3. The molecular formula is C22H23Cl2FO6. The van der Waals surface area contributed by atoms with E-state index in [9.17, 15) is 19.4 Å². The van der Waals surface area contributed by atoms with Crippen LogP contribution in [0, 0.1) is 0 Å². The van der Waals surface area contributed by atoms with E-state index in [1.165, 1.54) is 0 Å². The molecule has 0 amide bonds. The summed E-state index contributed by atoms with van der Waals surface area (Å²) < 4.78 is 29.6. The molecule has 0 aliphatic carbocycles. The number of aliphatic hydroxyl groups excluding tert-OH is 2. The van der Waals surface area contributed by atoms with Gasteiger partial charge in [0.05, 0.1) is 6.61 Å². The van der Waals surface area contributed by atoms with Gasteiger partial charge in [-0.1, -0.05) is 47.5 Å². The van der Waals surface area contributed by atoms with Crippen molar-refractivity contribution in [3.05, 3.63) is 69.2 Å². The molecule has 1 aliphatic rings. The summed E-state index contributed by atoms with van der Waals surface area (Å²) in [6.45, 7) is 1.24. The van der Waals surface area contributed by atoms with Crippen LogP contribution in [-0.2, 0) is 20.6 Å². The smallest absolute Gasteiger partial charge is 0.435 e. The number of alkyl halides is 1. The lowest BCUT2D eigenvalue weighted by Crippen LogP contribution is -2.53. The maximum absolute atomic E-state index is 14.5. The van der Waals surface area contributed by atoms with E-state index in [1.54, 1.807) is 37.3 Å². The Morgan fingerprint density at radius 1 is 1.10 bits per heavy atom. The van der Waals surface area contributed by atoms with Gasteiger partial charge in [0.2, 0.25) is 0 Å². The van der Waals surface area contributed by atoms with Gasteiger partial charge >= 0.3 is 6.16 Å². The molecule has 0 spiro atoms. The fourth-order valence-corrected chi connectivity index (χ4v) is 3.69. The Morgan fingerprint density at radius 2 is 1.81 bits per heavy atom. The standard InChI is InChI=1S/C22H23Cl2FO6/c1-2-29-22(28)30-11-17-18(25)19(26)20(27)21(31-17)13-5-8-16(24)14(10-13)9-12-3-6-15(23)7-4-12/h3-8,10,17-21,26-27H,2,9,11H2,1H3. The normalized spacial score (nSPS) is 25.8. The minimum Gasteiger partial charge on any atom is -0.435 e. The summed E-state index contributed by atoms with van der Waals surface area (Å²) in [5.41, 5.74) is 2.24. The van der Waals surface area contributed by atoms with Crippen molar-refractivity contribution in [3.63, 3.8) is 0 Å². The van der Waals surface area contributed by atoms with Crippen molar-refractivity contribution in [3.8, 4) is 0 Å². The van der Waals surface area contributed by atoms with Gasteiger partial charge < -0.3 is 24.4 Å². The predicted octanol–water partition coefficient (Wildman–Crippen LogP) is 4.26. The van der Waals surface area contributed by atoms with Crippen LogP contribution in [0.3, 0.4) is 0 Å². The molecule has 5 atom stereocenters. The topological polar surface area (TPSA) is 85.2 Å². The zero-order valence-corrected chi connectivity index (χ0v) is 18.2. The minimum absolute atomic E-state index is 0.106. The van der Waals surface area contributed by atoms with Crippen LogP contribution in [0.15, 0.2) is 42.5 Å². The summed E-state index contributed by atoms with van der Waals surface area (Å²) in [7, 11) is 0. The van der Waals surface area contributed by atoms with E-state index in [2.05, 4.69) is 4.74 Å². The van der Waals surface area contributed by atoms with Crippen molar-refractivity contribution >= 4 is 29.4 Å². The molecule has 0 aromatic heterocycles. The first-order chi connectivity index (χ1) is 14.8. The van der Waals surface area contributed by atoms with E-state index in [0.29, 0.717) is 22.0 Å². The minimum atomic E-state index is -1.94. The van der Waals surface area contributed by atoms with Gasteiger partial charge in [0.25, 0.3) is 0 Å². The summed E-state index contributed by atoms with van der Waals surface area (Å²) >= 11 is 12.3. The zero-order chi connectivity index (χ0) is 22.5. The Bertz CT molecular complexity index is 894. The second-order valence-corrected chi connectivity index (χ2v) is 8.01. The SMILES string of the molecule is CCOC(=O)OCC1OC(c2ccc(Cl)c(Cc3ccc(Cl)cc3)c2)C(O)C(O)C1F. The van der Waals surface area contributed by atoms with Crippen molar-refractivity contribution in [1.29, 1.82) is 0 Å². The van der Waals surface area contributed by atoms with Crippen LogP contribution >= 0.6 is 23.2 Å². The van der Waals surface area contributed by atoms with E-state index in [0.717, 1.165) is 11.1 Å². The third kappa shape index (κ3) is 5.87. The Morgan fingerprint density at radius 3 is 2.48 bits per heavy atom. The van der Waals surface area contributed by atoms with Gasteiger partial charge in [-0.15, -0.1) is 0 Å². The molecule has 0 radical (unpaired) electrons. The lowest BCUT2D eigenvalue weighted by molar-refractivity contribution is -0.215. The van der Waals surface area contributed by atoms with Crippen LogP contribution in [0.25, 0.3) is 0 Å². The largest absolute Gasteiger partial charge is 0.508 e. The molecule has 0 saturated carbocycles. The molecule has 31 heavy (non-hydrogen) atoms. The highest BCUT2D eigenvalue weighted by Crippen LogP contribution is 2.35. The Balaban J connectivity index is 1.79. The molecule has 2 N–H and O–H groups in total. The molecular weight excluding hydrogens is 450 g/mol. The molecule has 168 valence electrons. The van der Waals surface area contributed by atoms with Gasteiger partial charge in [-0.2, -0.15) is 0 Å². The number of carbonyl (C=O) groups excluding carboxylic acids is 1. The lowest BCUT2D eigenvalue weighted by atomic mass is 9.90. The Hall–Kier alpha value is -1.90. The quantitative estimate of drug-likeness (QED) is 0.611. The van der Waals surface area contributed by atoms with Crippen molar-refractivity contribution in [1.82, 2.24) is 0 Å². The number of benzene rings is 2. The monoisotopic (exact) mass is 472 g/mol. The van der Waals surface area contributed by atoms with Crippen LogP contribution in [0.1, 0.15) is 29.7 Å². The fraction of sp³-hybridized carbons (Fsp3) is 0.409. The zero-order valence-electron chi connectivity index (χ0n) is 16.7. The van der Waals surface area contributed by atoms with E-state index >= 15 is 0 Å². The van der Waals surface area contributed by atoms with Crippen LogP contribution in [0.4, 0.5) is 9.18 Å². The highest BCUT2D eigenvalue weighted by Gasteiger charge is 2.46. The maximum Gasteiger partial charge on any atom is 0.508 e. The average Bonchev–Trinajstić information content (AvgIpc) is 2.75. The third-order valence-electron chi connectivity index (χ3n) is 5.00. The van der Waals surface area contributed by atoms with Crippen LogP contribution in [0.2, 0.25) is 10.0 Å². The highest BCUT2D eigenvalue weighted by molar-refractivity contribution is 6.31. The van der Waals surface area contributed by atoms with Crippen molar-refractivity contribution in [2.24, 2.45) is 0 Å². The number of hydrogen-bond donors (Lipinski definition) is 2. The molecule has 0 bridgehead atoms. The first kappa shape index (κ1) is 23.8. The average molecular weight is 473 g/mol. The summed E-state index contributed by atoms with van der Waals surface area (Å²) in [4.78, 5) is 11.4. The lowest BCUT2D eigenvalue weighted by Gasteiger charge is -2.39. The fourth-order valence-electron chi connectivity index (χ4n) is 3.38. The number of hydrogen-bond acceptors (Lipinski definition) is 6. The highest BCUT2D eigenvalue weighted by atomic mass is 35.5. The van der Waals surface area contributed by atoms with E-state index in [-0.39, 0.29) is 6.61 Å². The Labute approximate surface area is 189 Å². The first-order valence-electron chi connectivity index (χ1n) is 9.78. The molecule has 2 aromatic carbocycles. The Kier molecular flexibility index (Phi) is 8.13. The van der Waals surface area contributed by atoms with E-state index in [1.807, 2.05) is 12.1 Å². The van der Waals surface area contributed by atoms with Crippen molar-refractivity contribution < 1.29 is 33.6 Å². The van der Waals surface area contributed by atoms with Gasteiger partial charge in [-0.25, -0.2) is 9.18 Å². The molecule has 2 aromatic rings. The van der Waals surface area contributed by atoms with Gasteiger partial charge in [0.1, 0.15) is 31.0 Å². The van der Waals surface area contributed by atoms with E-state index < -0.39 is 43.3 Å². The first-order valence-corrected chi connectivity index (χ1v) is 10.5. The molecule has 6 nitrogen and oxygen atoms in total. The second-order valence-electron chi connectivity index (χ2n) is 7.17. The number of carbonyl (C=O) groups is 1. The second kappa shape index (κ2) is 10.6. The molecule has 9 heteroatoms. The number of rotatable bonds is 6. The summed E-state index contributed by atoms with van der Waals surface area (Å²) in [5, 5.41) is 21.7. The molecule has 1 saturated heterocycles. The summed E-state index contributed by atoms with van der Waals surface area (Å²) in [6.07, 6.45) is -7.96. The van der Waals surface area contributed by atoms with E-state index in [4.69, 9.17) is 32.7 Å². The van der Waals surface area contributed by atoms with Gasteiger partial charge in [0.15, 0.2) is 6.17 Å².